The maximum atomic E-state index is 16.1. The largest absolute Gasteiger partial charge is 0.416 e. The van der Waals surface area contributed by atoms with Gasteiger partial charge in [0.25, 0.3) is 0 Å². The summed E-state index contributed by atoms with van der Waals surface area (Å²) in [5.41, 5.74) is 9.19. The Hall–Kier alpha value is -6.81. The van der Waals surface area contributed by atoms with Crippen molar-refractivity contribution in [2.45, 2.75) is 25.8 Å². The molecule has 1 radical (unpaired) electrons. The van der Waals surface area contributed by atoms with Gasteiger partial charge in [0.2, 0.25) is 0 Å². The molecule has 0 aliphatic rings. The molecule has 11 aromatic rings. The SMILES string of the molecule is C[Si](C)(C)c1ccc(-c2[c-]cccc2)nc1.Fc1cccc2nc(-c3[c-]ccc4c3sc3ccc(-c5ccc(C(F)(F)F)cc5)cc34)n(-c3cc(-c4ccccc4)ccc3-c3ccccc3)c12.[Ir]. The van der Waals surface area contributed by atoms with E-state index in [1.54, 1.807) is 17.4 Å². The molecule has 3 heterocycles. The third-order valence-corrected chi connectivity index (χ3v) is 15.1. The van der Waals surface area contributed by atoms with Crippen molar-refractivity contribution in [3.63, 3.8) is 0 Å². The van der Waals surface area contributed by atoms with Crippen LogP contribution < -0.4 is 5.19 Å². The molecule has 0 amide bonds. The van der Waals surface area contributed by atoms with E-state index in [-0.39, 0.29) is 25.9 Å². The molecule has 0 saturated carbocycles. The monoisotopic (exact) mass is 1110 g/mol. The maximum Gasteiger partial charge on any atom is 0.416 e. The van der Waals surface area contributed by atoms with E-state index in [2.05, 4.69) is 79.2 Å². The van der Waals surface area contributed by atoms with Gasteiger partial charge in [-0.15, -0.1) is 54.1 Å². The molecule has 0 aliphatic carbocycles. The minimum atomic E-state index is -4.40. The van der Waals surface area contributed by atoms with Gasteiger partial charge in [0, 0.05) is 42.3 Å². The molecule has 0 fully saturated rings. The second kappa shape index (κ2) is 19.1. The topological polar surface area (TPSA) is 30.7 Å². The second-order valence-corrected chi connectivity index (χ2v) is 23.4. The summed E-state index contributed by atoms with van der Waals surface area (Å²) in [5, 5.41) is 3.32. The van der Waals surface area contributed by atoms with Crippen LogP contribution in [0.3, 0.4) is 0 Å². The number of alkyl halides is 3. The number of imidazole rings is 1. The van der Waals surface area contributed by atoms with Crippen molar-refractivity contribution >= 4 is 55.8 Å². The van der Waals surface area contributed by atoms with Crippen molar-refractivity contribution in [3.05, 3.63) is 218 Å². The zero-order valence-electron chi connectivity index (χ0n) is 37.1. The van der Waals surface area contributed by atoms with Crippen LogP contribution in [0.4, 0.5) is 17.6 Å². The van der Waals surface area contributed by atoms with Gasteiger partial charge in [-0.25, -0.2) is 4.39 Å². The van der Waals surface area contributed by atoms with Gasteiger partial charge in [0.05, 0.1) is 30.5 Å². The zero-order chi connectivity index (χ0) is 46.3. The molecule has 3 aromatic heterocycles. The fourth-order valence-electron chi connectivity index (χ4n) is 8.36. The predicted octanol–water partition coefficient (Wildman–Crippen LogP) is 16.1. The number of pyridine rings is 1. The average molecular weight is 1110 g/mol. The molecule has 0 aliphatic heterocycles. The molecule has 0 unspecified atom stereocenters. The van der Waals surface area contributed by atoms with Crippen LogP contribution in [0.25, 0.3) is 92.9 Å². The Kier molecular flexibility index (Phi) is 13.0. The molecule has 0 N–H and O–H groups in total. The van der Waals surface area contributed by atoms with Crippen LogP contribution in [0.15, 0.2) is 194 Å². The molecule has 10 heteroatoms. The fourth-order valence-corrected chi connectivity index (χ4v) is 10.6. The van der Waals surface area contributed by atoms with Gasteiger partial charge in [0.15, 0.2) is 0 Å². The van der Waals surface area contributed by atoms with Crippen LogP contribution in [0.5, 0.6) is 0 Å². The molecule has 0 atom stereocenters. The van der Waals surface area contributed by atoms with Crippen molar-refractivity contribution < 1.29 is 37.7 Å². The van der Waals surface area contributed by atoms with E-state index < -0.39 is 19.8 Å². The first kappa shape index (κ1) is 46.3. The second-order valence-electron chi connectivity index (χ2n) is 17.3. The van der Waals surface area contributed by atoms with E-state index in [0.717, 1.165) is 82.6 Å². The first-order valence-corrected chi connectivity index (χ1v) is 26.1. The van der Waals surface area contributed by atoms with Crippen LogP contribution in [0.1, 0.15) is 5.56 Å². The van der Waals surface area contributed by atoms with Gasteiger partial charge in [0.1, 0.15) is 5.82 Å². The third-order valence-electron chi connectivity index (χ3n) is 11.9. The summed E-state index contributed by atoms with van der Waals surface area (Å²) in [5.74, 6) is 0.165. The van der Waals surface area contributed by atoms with Crippen LogP contribution in [-0.2, 0) is 26.3 Å². The number of rotatable bonds is 7. The van der Waals surface area contributed by atoms with Crippen LogP contribution in [-0.4, -0.2) is 22.6 Å². The molecule has 68 heavy (non-hydrogen) atoms. The van der Waals surface area contributed by atoms with E-state index in [1.165, 1.54) is 23.4 Å². The Morgan fingerprint density at radius 3 is 1.96 bits per heavy atom. The van der Waals surface area contributed by atoms with Gasteiger partial charge >= 0.3 is 6.18 Å². The van der Waals surface area contributed by atoms with E-state index in [4.69, 9.17) is 4.98 Å². The first-order chi connectivity index (χ1) is 32.4. The first-order valence-electron chi connectivity index (χ1n) is 21.8. The number of nitrogens with zero attached hydrogens (tertiary/aromatic N) is 3. The summed E-state index contributed by atoms with van der Waals surface area (Å²) in [7, 11) is -1.23. The van der Waals surface area contributed by atoms with Crippen molar-refractivity contribution in [2.24, 2.45) is 0 Å². The molecule has 337 valence electrons. The van der Waals surface area contributed by atoms with Gasteiger partial charge < -0.3 is 9.55 Å². The van der Waals surface area contributed by atoms with Crippen molar-refractivity contribution in [2.75, 3.05) is 0 Å². The Bertz CT molecular complexity index is 3530. The maximum absolute atomic E-state index is 16.1. The van der Waals surface area contributed by atoms with Gasteiger partial charge in [-0.2, -0.15) is 24.5 Å². The smallest absolute Gasteiger partial charge is 0.330 e. The fraction of sp³-hybridized carbons (Fsp3) is 0.0690. The summed E-state index contributed by atoms with van der Waals surface area (Å²) < 4.78 is 59.7. The van der Waals surface area contributed by atoms with Crippen LogP contribution >= 0.6 is 11.3 Å². The van der Waals surface area contributed by atoms with Gasteiger partial charge in [-0.05, 0) is 91.2 Å². The molecule has 0 spiro atoms. The molecule has 0 saturated heterocycles. The van der Waals surface area contributed by atoms with Gasteiger partial charge in [-0.1, -0.05) is 140 Å². The summed E-state index contributed by atoms with van der Waals surface area (Å²) in [6, 6.07) is 65.2. The number of hydrogen-bond donors (Lipinski definition) is 0. The number of fused-ring (bicyclic) bond motifs is 4. The average Bonchev–Trinajstić information content (AvgIpc) is 3.94. The molecule has 11 rings (SSSR count). The standard InChI is InChI=1S/C44H25F4N2S.C14H16NSi.Ir/c45-37-15-8-16-38-41(37)50(39-26-31(27-9-3-1-4-10-27)19-23-33(39)29-11-5-2-6-12-29)43(49-38)35-14-7-13-34-36-25-30(20-24-40(36)51-42(34)35)28-17-21-32(22-18-28)44(46,47)48;1-16(2,3)13-9-10-14(15-11-13)12-7-5-4-6-8-12;/h1-13,15-26H;4-7,9-11H,1-3H3;/q2*-1;. The Balaban J connectivity index is 0.000000289. The quantitative estimate of drug-likeness (QED) is 0.0905. The summed E-state index contributed by atoms with van der Waals surface area (Å²) >= 11 is 1.58. The normalized spacial score (nSPS) is 11.6. The Morgan fingerprint density at radius 1 is 0.603 bits per heavy atom. The number of halogens is 4. The van der Waals surface area contributed by atoms with E-state index in [1.807, 2.05) is 120 Å². The van der Waals surface area contributed by atoms with E-state index in [9.17, 15) is 13.2 Å². The zero-order valence-corrected chi connectivity index (χ0v) is 41.3. The van der Waals surface area contributed by atoms with Crippen molar-refractivity contribution in [3.8, 4) is 61.7 Å². The molecule has 0 bridgehead atoms. The minimum Gasteiger partial charge on any atom is -0.330 e. The summed E-state index contributed by atoms with van der Waals surface area (Å²) in [6.45, 7) is 7.00. The number of thiophene rings is 1. The van der Waals surface area contributed by atoms with Crippen molar-refractivity contribution in [1.82, 2.24) is 14.5 Å². The molecule has 3 nitrogen and oxygen atoms in total. The molecular weight excluding hydrogens is 1070 g/mol. The minimum absolute atomic E-state index is 0. The summed E-state index contributed by atoms with van der Waals surface area (Å²) in [4.78, 5) is 9.60. The molecular formula is C58H41F4IrN3SSi-2. The number of hydrogen-bond acceptors (Lipinski definition) is 3. The van der Waals surface area contributed by atoms with Crippen LogP contribution in [0.2, 0.25) is 19.6 Å². The van der Waals surface area contributed by atoms with Crippen molar-refractivity contribution in [1.29, 1.82) is 0 Å². The molecule has 8 aromatic carbocycles. The Labute approximate surface area is 410 Å². The van der Waals surface area contributed by atoms with E-state index in [0.29, 0.717) is 22.4 Å². The van der Waals surface area contributed by atoms with Gasteiger partial charge in [-0.3, -0.25) is 4.98 Å². The third kappa shape index (κ3) is 9.25. The van der Waals surface area contributed by atoms with Crippen LogP contribution in [0, 0.1) is 17.9 Å². The number of aromatic nitrogens is 3. The number of benzene rings is 8. The summed E-state index contributed by atoms with van der Waals surface area (Å²) in [6.07, 6.45) is -2.38. The number of para-hydroxylation sites is 1. The predicted molar refractivity (Wildman–Crippen MR) is 271 cm³/mol. The van der Waals surface area contributed by atoms with E-state index >= 15 is 4.39 Å². The Morgan fingerprint density at radius 2 is 1.28 bits per heavy atom.